The molecule has 0 spiro atoms. The van der Waals surface area contributed by atoms with Crippen LogP contribution in [0.15, 0.2) is 24.3 Å². The van der Waals surface area contributed by atoms with Crippen LogP contribution in [0.3, 0.4) is 0 Å². The van der Waals surface area contributed by atoms with E-state index in [0.717, 1.165) is 11.4 Å². The number of β-amino-alcohol motifs (C(OH)–C–C–N with tert-alkyl or cyclic N) is 1. The molecule has 0 bridgehead atoms. The average Bonchev–Trinajstić information content (AvgIpc) is 3.27. The summed E-state index contributed by atoms with van der Waals surface area (Å²) in [5.74, 6) is 0. The molecule has 0 amide bonds. The van der Waals surface area contributed by atoms with E-state index in [1.807, 2.05) is 29.2 Å². The Balaban J connectivity index is 1.63. The SMILES string of the molecule is OC1CC(O)C(C2OO2)N(c2ccc(-n3[nH]nnc3=S)cc2)C1. The molecule has 2 fully saturated rings. The van der Waals surface area contributed by atoms with Crippen molar-refractivity contribution in [3.63, 3.8) is 0 Å². The van der Waals surface area contributed by atoms with Gasteiger partial charge in [0, 0.05) is 18.7 Å². The molecule has 0 saturated carbocycles. The summed E-state index contributed by atoms with van der Waals surface area (Å²) in [6.07, 6.45) is -1.50. The molecule has 1 aromatic carbocycles. The molecule has 122 valence electrons. The van der Waals surface area contributed by atoms with Gasteiger partial charge in [-0.25, -0.2) is 4.68 Å². The van der Waals surface area contributed by atoms with Crippen LogP contribution >= 0.6 is 12.2 Å². The lowest BCUT2D eigenvalue weighted by atomic mass is 9.96. The van der Waals surface area contributed by atoms with Crippen molar-refractivity contribution in [3.8, 4) is 5.69 Å². The van der Waals surface area contributed by atoms with Crippen molar-refractivity contribution in [1.29, 1.82) is 0 Å². The van der Waals surface area contributed by atoms with Crippen LogP contribution in [0.5, 0.6) is 0 Å². The van der Waals surface area contributed by atoms with Gasteiger partial charge in [-0.2, -0.15) is 15.0 Å². The number of hydrogen-bond donors (Lipinski definition) is 3. The fraction of sp³-hybridized carbons (Fsp3) is 0.462. The first-order chi connectivity index (χ1) is 11.1. The molecular formula is C13H15N5O4S. The predicted octanol–water partition coefficient (Wildman–Crippen LogP) is -0.0867. The van der Waals surface area contributed by atoms with Gasteiger partial charge in [-0.15, -0.1) is 0 Å². The second-order valence-electron chi connectivity index (χ2n) is 5.60. The Morgan fingerprint density at radius 2 is 1.87 bits per heavy atom. The minimum atomic E-state index is -0.726. The van der Waals surface area contributed by atoms with E-state index in [0.29, 0.717) is 17.7 Å². The van der Waals surface area contributed by atoms with Crippen LogP contribution in [-0.4, -0.2) is 61.5 Å². The molecule has 2 aromatic rings. The number of hydrogen-bond acceptors (Lipinski definition) is 8. The Bertz CT molecular complexity index is 743. The highest BCUT2D eigenvalue weighted by Gasteiger charge is 2.47. The van der Waals surface area contributed by atoms with E-state index in [-0.39, 0.29) is 6.04 Å². The van der Waals surface area contributed by atoms with E-state index < -0.39 is 18.5 Å². The van der Waals surface area contributed by atoms with E-state index in [4.69, 9.17) is 22.0 Å². The summed E-state index contributed by atoms with van der Waals surface area (Å²) in [5.41, 5.74) is 1.63. The number of aliphatic hydroxyl groups is 2. The van der Waals surface area contributed by atoms with Gasteiger partial charge in [-0.05, 0) is 36.5 Å². The number of H-pyrrole nitrogens is 1. The van der Waals surface area contributed by atoms with Gasteiger partial charge in [0.05, 0.1) is 17.9 Å². The lowest BCUT2D eigenvalue weighted by Gasteiger charge is -2.41. The molecule has 10 heteroatoms. The van der Waals surface area contributed by atoms with Crippen molar-refractivity contribution in [1.82, 2.24) is 20.2 Å². The molecular weight excluding hydrogens is 322 g/mol. The molecule has 3 N–H and O–H groups in total. The number of tetrazole rings is 1. The largest absolute Gasteiger partial charge is 0.391 e. The minimum absolute atomic E-state index is 0.303. The van der Waals surface area contributed by atoms with Gasteiger partial charge < -0.3 is 15.1 Å². The number of nitrogens with one attached hydrogen (secondary N) is 1. The van der Waals surface area contributed by atoms with Crippen LogP contribution in [0.2, 0.25) is 0 Å². The Kier molecular flexibility index (Phi) is 3.62. The molecule has 3 heterocycles. The highest BCUT2D eigenvalue weighted by molar-refractivity contribution is 7.71. The molecule has 9 nitrogen and oxygen atoms in total. The Hall–Kier alpha value is -1.85. The summed E-state index contributed by atoms with van der Waals surface area (Å²) in [5, 5.41) is 30.2. The maximum atomic E-state index is 10.2. The zero-order valence-electron chi connectivity index (χ0n) is 11.9. The first kappa shape index (κ1) is 14.7. The fourth-order valence-electron chi connectivity index (χ4n) is 2.96. The van der Waals surface area contributed by atoms with Crippen molar-refractivity contribution in [3.05, 3.63) is 29.0 Å². The normalized spacial score (nSPS) is 28.1. The van der Waals surface area contributed by atoms with Crippen molar-refractivity contribution in [2.45, 2.75) is 31.0 Å². The quantitative estimate of drug-likeness (QED) is 0.404. The van der Waals surface area contributed by atoms with Gasteiger partial charge in [-0.1, -0.05) is 10.3 Å². The second-order valence-corrected chi connectivity index (χ2v) is 5.96. The maximum Gasteiger partial charge on any atom is 0.247 e. The van der Waals surface area contributed by atoms with E-state index in [1.54, 1.807) is 4.68 Å². The second kappa shape index (κ2) is 5.65. The summed E-state index contributed by atoms with van der Waals surface area (Å²) in [7, 11) is 0. The summed E-state index contributed by atoms with van der Waals surface area (Å²) in [4.78, 5) is 11.7. The predicted molar refractivity (Wildman–Crippen MR) is 80.3 cm³/mol. The third-order valence-electron chi connectivity index (χ3n) is 4.07. The lowest BCUT2D eigenvalue weighted by Crippen LogP contribution is -2.56. The molecule has 2 aliphatic heterocycles. The Morgan fingerprint density at radius 1 is 1.17 bits per heavy atom. The van der Waals surface area contributed by atoms with Gasteiger partial charge in [-0.3, -0.25) is 0 Å². The van der Waals surface area contributed by atoms with E-state index in [9.17, 15) is 10.2 Å². The third kappa shape index (κ3) is 2.75. The maximum absolute atomic E-state index is 10.2. The van der Waals surface area contributed by atoms with Crippen molar-refractivity contribution in [2.24, 2.45) is 0 Å². The van der Waals surface area contributed by atoms with Crippen molar-refractivity contribution < 1.29 is 20.0 Å². The topological polar surface area (TPSA) is 115 Å². The summed E-state index contributed by atoms with van der Waals surface area (Å²) < 4.78 is 1.91. The Morgan fingerprint density at radius 3 is 2.48 bits per heavy atom. The standard InChI is InChI=1S/C13H15N5O4S/c19-9-5-10(20)11(12-21-22-12)17(6-9)7-1-3-8(4-2-7)18-13(23)14-15-16-18/h1-4,9-12,19-20H,5-6H2,(H,14,16,23). The highest BCUT2D eigenvalue weighted by Crippen LogP contribution is 2.33. The van der Waals surface area contributed by atoms with Crippen LogP contribution < -0.4 is 4.90 Å². The highest BCUT2D eigenvalue weighted by atomic mass is 32.1. The van der Waals surface area contributed by atoms with Crippen LogP contribution in [0.1, 0.15) is 6.42 Å². The average molecular weight is 337 g/mol. The number of benzene rings is 1. The first-order valence-electron chi connectivity index (χ1n) is 7.19. The fourth-order valence-corrected chi connectivity index (χ4v) is 3.15. The van der Waals surface area contributed by atoms with Crippen molar-refractivity contribution >= 4 is 17.9 Å². The Labute approximate surface area is 136 Å². The van der Waals surface area contributed by atoms with Gasteiger partial charge in [0.25, 0.3) is 0 Å². The van der Waals surface area contributed by atoms with Gasteiger partial charge in [0.2, 0.25) is 11.1 Å². The zero-order chi connectivity index (χ0) is 16.0. The molecule has 0 radical (unpaired) electrons. The summed E-state index contributed by atoms with van der Waals surface area (Å²) in [6.45, 7) is 0.398. The van der Waals surface area contributed by atoms with Crippen LogP contribution in [-0.2, 0) is 9.78 Å². The number of aromatic nitrogens is 4. The molecule has 3 unspecified atom stereocenters. The summed E-state index contributed by atoms with van der Waals surface area (Å²) >= 11 is 5.07. The zero-order valence-corrected chi connectivity index (χ0v) is 12.8. The number of nitrogens with zero attached hydrogens (tertiary/aromatic N) is 4. The summed E-state index contributed by atoms with van der Waals surface area (Å²) in [6, 6.07) is 7.10. The van der Waals surface area contributed by atoms with Gasteiger partial charge in [0.1, 0.15) is 6.04 Å². The number of aromatic amines is 1. The molecule has 2 aliphatic rings. The number of rotatable bonds is 3. The van der Waals surface area contributed by atoms with Crippen molar-refractivity contribution in [2.75, 3.05) is 11.4 Å². The van der Waals surface area contributed by atoms with Gasteiger partial charge >= 0.3 is 0 Å². The van der Waals surface area contributed by atoms with Gasteiger partial charge in [0.15, 0.2) is 0 Å². The minimum Gasteiger partial charge on any atom is -0.391 e. The molecule has 3 atom stereocenters. The van der Waals surface area contributed by atoms with E-state index in [2.05, 4.69) is 15.5 Å². The smallest absolute Gasteiger partial charge is 0.247 e. The molecule has 2 saturated heterocycles. The number of piperidine rings is 1. The number of aliphatic hydroxyl groups excluding tert-OH is 2. The van der Waals surface area contributed by atoms with E-state index >= 15 is 0 Å². The number of anilines is 1. The van der Waals surface area contributed by atoms with Crippen LogP contribution in [0.25, 0.3) is 5.69 Å². The first-order valence-corrected chi connectivity index (χ1v) is 7.60. The van der Waals surface area contributed by atoms with Crippen LogP contribution in [0, 0.1) is 4.77 Å². The lowest BCUT2D eigenvalue weighted by molar-refractivity contribution is 0.0307. The molecule has 23 heavy (non-hydrogen) atoms. The molecule has 4 rings (SSSR count). The molecule has 1 aromatic heterocycles. The monoisotopic (exact) mass is 337 g/mol. The van der Waals surface area contributed by atoms with E-state index in [1.165, 1.54) is 0 Å². The molecule has 0 aliphatic carbocycles. The van der Waals surface area contributed by atoms with Crippen LogP contribution in [0.4, 0.5) is 5.69 Å². The third-order valence-corrected chi connectivity index (χ3v) is 4.34.